The van der Waals surface area contributed by atoms with Gasteiger partial charge in [-0.1, -0.05) is 39.0 Å². The van der Waals surface area contributed by atoms with Gasteiger partial charge in [0.1, 0.15) is 0 Å². The van der Waals surface area contributed by atoms with Crippen molar-refractivity contribution in [2.45, 2.75) is 34.1 Å². The Labute approximate surface area is 159 Å². The van der Waals surface area contributed by atoms with Gasteiger partial charge in [-0.25, -0.2) is 9.48 Å². The van der Waals surface area contributed by atoms with Crippen molar-refractivity contribution >= 4 is 11.9 Å². The largest absolute Gasteiger partial charge is 0.480 e. The molecule has 7 heteroatoms. The molecule has 2 aromatic rings. The highest BCUT2D eigenvalue weighted by atomic mass is 16.5. The van der Waals surface area contributed by atoms with Gasteiger partial charge in [-0.2, -0.15) is 5.10 Å². The Morgan fingerprint density at radius 2 is 1.89 bits per heavy atom. The standard InChI is InChI=1S/C20H27N3O4/c1-5-26-19(25)18-16(13-23(22-18)15-9-7-6-8-10-15)27-14-17(24)21-12-11-20(2,3)4/h6-10,13H,5,11-12,14H2,1-4H3,(H,21,24). The number of para-hydroxylation sites is 1. The maximum absolute atomic E-state index is 12.2. The van der Waals surface area contributed by atoms with Gasteiger partial charge in [-0.15, -0.1) is 0 Å². The van der Waals surface area contributed by atoms with E-state index in [0.717, 1.165) is 12.1 Å². The van der Waals surface area contributed by atoms with E-state index in [2.05, 4.69) is 31.2 Å². The molecule has 2 rings (SSSR count). The number of amides is 1. The summed E-state index contributed by atoms with van der Waals surface area (Å²) in [6.07, 6.45) is 2.43. The van der Waals surface area contributed by atoms with Gasteiger partial charge < -0.3 is 14.8 Å². The zero-order valence-electron chi connectivity index (χ0n) is 16.3. The molecule has 0 spiro atoms. The minimum atomic E-state index is -0.588. The second-order valence-electron chi connectivity index (χ2n) is 7.29. The molecule has 0 unspecified atom stereocenters. The third-order valence-electron chi connectivity index (χ3n) is 3.73. The van der Waals surface area contributed by atoms with Gasteiger partial charge >= 0.3 is 5.97 Å². The molecule has 0 aliphatic heterocycles. The van der Waals surface area contributed by atoms with Crippen molar-refractivity contribution in [2.24, 2.45) is 5.41 Å². The summed E-state index contributed by atoms with van der Waals surface area (Å²) in [4.78, 5) is 24.2. The highest BCUT2D eigenvalue weighted by Crippen LogP contribution is 2.21. The van der Waals surface area contributed by atoms with E-state index in [9.17, 15) is 9.59 Å². The number of hydrogen-bond donors (Lipinski definition) is 1. The Bertz CT molecular complexity index is 763. The average Bonchev–Trinajstić information content (AvgIpc) is 3.04. The number of benzene rings is 1. The second-order valence-corrected chi connectivity index (χ2v) is 7.29. The second kappa shape index (κ2) is 9.21. The zero-order valence-corrected chi connectivity index (χ0v) is 16.3. The van der Waals surface area contributed by atoms with Gasteiger partial charge in [0.25, 0.3) is 5.91 Å². The van der Waals surface area contributed by atoms with E-state index in [-0.39, 0.29) is 36.0 Å². The topological polar surface area (TPSA) is 82.4 Å². The van der Waals surface area contributed by atoms with Gasteiger partial charge in [0, 0.05) is 6.54 Å². The minimum absolute atomic E-state index is 0.0446. The van der Waals surface area contributed by atoms with Crippen LogP contribution in [0.1, 0.15) is 44.6 Å². The van der Waals surface area contributed by atoms with Crippen LogP contribution in [-0.4, -0.2) is 41.4 Å². The SMILES string of the molecule is CCOC(=O)c1nn(-c2ccccc2)cc1OCC(=O)NCCC(C)(C)C. The van der Waals surface area contributed by atoms with Crippen LogP contribution < -0.4 is 10.1 Å². The fourth-order valence-electron chi connectivity index (χ4n) is 2.29. The highest BCUT2D eigenvalue weighted by Gasteiger charge is 2.21. The van der Waals surface area contributed by atoms with Gasteiger partial charge in [-0.3, -0.25) is 4.79 Å². The first-order valence-electron chi connectivity index (χ1n) is 9.02. The normalized spacial score (nSPS) is 11.1. The number of hydrogen-bond acceptors (Lipinski definition) is 5. The summed E-state index contributed by atoms with van der Waals surface area (Å²) in [7, 11) is 0. The summed E-state index contributed by atoms with van der Waals surface area (Å²) in [6.45, 7) is 8.65. The average molecular weight is 373 g/mol. The van der Waals surface area contributed by atoms with E-state index in [1.54, 1.807) is 13.1 Å². The molecule has 1 N–H and O–H groups in total. The van der Waals surface area contributed by atoms with Crippen LogP contribution in [0.25, 0.3) is 5.69 Å². The van der Waals surface area contributed by atoms with Crippen molar-refractivity contribution < 1.29 is 19.1 Å². The van der Waals surface area contributed by atoms with E-state index < -0.39 is 5.97 Å². The first-order valence-corrected chi connectivity index (χ1v) is 9.02. The van der Waals surface area contributed by atoms with Crippen molar-refractivity contribution in [3.8, 4) is 11.4 Å². The first kappa shape index (κ1) is 20.5. The number of rotatable bonds is 8. The molecule has 0 aliphatic carbocycles. The van der Waals surface area contributed by atoms with E-state index >= 15 is 0 Å². The lowest BCUT2D eigenvalue weighted by Gasteiger charge is -2.18. The van der Waals surface area contributed by atoms with Crippen molar-refractivity contribution in [3.05, 3.63) is 42.2 Å². The summed E-state index contributed by atoms with van der Waals surface area (Å²) in [6, 6.07) is 9.32. The van der Waals surface area contributed by atoms with Crippen LogP contribution in [-0.2, 0) is 9.53 Å². The Balaban J connectivity index is 2.06. The monoisotopic (exact) mass is 373 g/mol. The minimum Gasteiger partial charge on any atom is -0.480 e. The third kappa shape index (κ3) is 6.44. The van der Waals surface area contributed by atoms with Crippen molar-refractivity contribution in [3.63, 3.8) is 0 Å². The molecule has 0 fully saturated rings. The molecular weight excluding hydrogens is 346 g/mol. The number of aromatic nitrogens is 2. The van der Waals surface area contributed by atoms with Gasteiger partial charge in [0.2, 0.25) is 5.69 Å². The van der Waals surface area contributed by atoms with Gasteiger partial charge in [0.05, 0.1) is 18.5 Å². The Kier molecular flexibility index (Phi) is 6.98. The number of nitrogens with zero attached hydrogens (tertiary/aromatic N) is 2. The van der Waals surface area contributed by atoms with Crippen LogP contribution in [0.15, 0.2) is 36.5 Å². The lowest BCUT2D eigenvalue weighted by atomic mass is 9.92. The molecule has 1 heterocycles. The van der Waals surface area contributed by atoms with Crippen LogP contribution in [0.3, 0.4) is 0 Å². The van der Waals surface area contributed by atoms with Crippen LogP contribution in [0, 0.1) is 5.41 Å². The van der Waals surface area contributed by atoms with Crippen LogP contribution in [0.2, 0.25) is 0 Å². The maximum atomic E-state index is 12.2. The Hall–Kier alpha value is -2.83. The van der Waals surface area contributed by atoms with Crippen LogP contribution >= 0.6 is 0 Å². The summed E-state index contributed by atoms with van der Waals surface area (Å²) in [5.74, 6) is -0.625. The number of nitrogens with one attached hydrogen (secondary N) is 1. The van der Waals surface area contributed by atoms with Crippen molar-refractivity contribution in [1.29, 1.82) is 0 Å². The van der Waals surface area contributed by atoms with E-state index in [0.29, 0.717) is 6.54 Å². The van der Waals surface area contributed by atoms with Crippen molar-refractivity contribution in [1.82, 2.24) is 15.1 Å². The molecule has 0 saturated heterocycles. The number of carbonyl (C=O) groups is 2. The molecule has 1 aromatic heterocycles. The molecule has 0 aliphatic rings. The van der Waals surface area contributed by atoms with E-state index in [1.165, 1.54) is 4.68 Å². The first-order chi connectivity index (χ1) is 12.8. The molecular formula is C20H27N3O4. The predicted octanol–water partition coefficient (Wildman–Crippen LogP) is 2.98. The van der Waals surface area contributed by atoms with Crippen LogP contribution in [0.5, 0.6) is 5.75 Å². The lowest BCUT2D eigenvalue weighted by molar-refractivity contribution is -0.123. The molecule has 0 saturated carbocycles. The number of ether oxygens (including phenoxy) is 2. The molecule has 0 bridgehead atoms. The zero-order chi connectivity index (χ0) is 19.9. The molecule has 0 atom stereocenters. The fraction of sp³-hybridized carbons (Fsp3) is 0.450. The molecule has 1 aromatic carbocycles. The fourth-order valence-corrected chi connectivity index (χ4v) is 2.29. The highest BCUT2D eigenvalue weighted by molar-refractivity contribution is 5.90. The number of carbonyl (C=O) groups excluding carboxylic acids is 2. The number of esters is 1. The third-order valence-corrected chi connectivity index (χ3v) is 3.73. The predicted molar refractivity (Wildman–Crippen MR) is 102 cm³/mol. The summed E-state index contributed by atoms with van der Waals surface area (Å²) < 4.78 is 12.1. The summed E-state index contributed by atoms with van der Waals surface area (Å²) >= 11 is 0. The summed E-state index contributed by atoms with van der Waals surface area (Å²) in [5.41, 5.74) is 0.956. The van der Waals surface area contributed by atoms with Crippen molar-refractivity contribution in [2.75, 3.05) is 19.8 Å². The molecule has 0 radical (unpaired) electrons. The molecule has 27 heavy (non-hydrogen) atoms. The molecule has 1 amide bonds. The summed E-state index contributed by atoms with van der Waals surface area (Å²) in [5, 5.41) is 7.07. The maximum Gasteiger partial charge on any atom is 0.362 e. The van der Waals surface area contributed by atoms with Gasteiger partial charge in [-0.05, 0) is 30.9 Å². The smallest absolute Gasteiger partial charge is 0.362 e. The lowest BCUT2D eigenvalue weighted by Crippen LogP contribution is -2.31. The van der Waals surface area contributed by atoms with Crippen LogP contribution in [0.4, 0.5) is 0 Å². The quantitative estimate of drug-likeness (QED) is 0.720. The Morgan fingerprint density at radius 3 is 2.52 bits per heavy atom. The van der Waals surface area contributed by atoms with E-state index in [1.807, 2.05) is 30.3 Å². The van der Waals surface area contributed by atoms with Gasteiger partial charge in [0.15, 0.2) is 12.4 Å². The molecule has 146 valence electrons. The van der Waals surface area contributed by atoms with E-state index in [4.69, 9.17) is 9.47 Å². The Morgan fingerprint density at radius 1 is 1.19 bits per heavy atom. The molecule has 7 nitrogen and oxygen atoms in total.